The second kappa shape index (κ2) is 6.33. The molecule has 0 unspecified atom stereocenters. The van der Waals surface area contributed by atoms with Crippen molar-refractivity contribution in [1.82, 2.24) is 20.2 Å². The molecule has 122 valence electrons. The summed E-state index contributed by atoms with van der Waals surface area (Å²) in [5, 5.41) is 12.7. The van der Waals surface area contributed by atoms with Gasteiger partial charge in [-0.15, -0.1) is 5.10 Å². The number of rotatable bonds is 3. The molecule has 0 atom stereocenters. The zero-order valence-corrected chi connectivity index (χ0v) is 13.3. The van der Waals surface area contributed by atoms with Crippen LogP contribution in [0.2, 0.25) is 5.02 Å². The van der Waals surface area contributed by atoms with E-state index in [9.17, 15) is 0 Å². The molecule has 1 saturated heterocycles. The van der Waals surface area contributed by atoms with Gasteiger partial charge in [0.25, 0.3) is 0 Å². The topological polar surface area (TPSA) is 71.3 Å². The first-order valence-electron chi connectivity index (χ1n) is 7.73. The highest BCUT2D eigenvalue weighted by atomic mass is 35.5. The van der Waals surface area contributed by atoms with E-state index in [-0.39, 0.29) is 0 Å². The highest BCUT2D eigenvalue weighted by molar-refractivity contribution is 6.32. The van der Waals surface area contributed by atoms with Crippen LogP contribution < -0.4 is 9.47 Å². The number of aromatic nitrogens is 4. The van der Waals surface area contributed by atoms with Crippen LogP contribution in [0.25, 0.3) is 0 Å². The molecule has 2 aliphatic heterocycles. The summed E-state index contributed by atoms with van der Waals surface area (Å²) in [5.41, 5.74) is 0.986. The van der Waals surface area contributed by atoms with Crippen LogP contribution in [0.4, 0.5) is 0 Å². The van der Waals surface area contributed by atoms with Gasteiger partial charge in [0.15, 0.2) is 17.3 Å². The summed E-state index contributed by atoms with van der Waals surface area (Å²) in [6.07, 6.45) is 1.89. The second-order valence-electron chi connectivity index (χ2n) is 5.68. The van der Waals surface area contributed by atoms with Crippen molar-refractivity contribution in [2.45, 2.75) is 25.3 Å². The minimum atomic E-state index is 0.339. The van der Waals surface area contributed by atoms with E-state index in [0.29, 0.717) is 42.2 Å². The monoisotopic (exact) mass is 336 g/mol. The van der Waals surface area contributed by atoms with Gasteiger partial charge in [0.2, 0.25) is 0 Å². The molecule has 0 amide bonds. The Morgan fingerprint density at radius 3 is 2.83 bits per heavy atom. The van der Waals surface area contributed by atoms with E-state index in [1.807, 2.05) is 16.8 Å². The van der Waals surface area contributed by atoms with Crippen molar-refractivity contribution in [3.8, 4) is 11.5 Å². The lowest BCUT2D eigenvalue weighted by Gasteiger charge is -2.22. The fourth-order valence-corrected chi connectivity index (χ4v) is 3.29. The Bertz CT molecular complexity index is 700. The zero-order valence-electron chi connectivity index (χ0n) is 12.6. The Balaban J connectivity index is 1.59. The van der Waals surface area contributed by atoms with Gasteiger partial charge in [-0.25, -0.2) is 4.68 Å². The van der Waals surface area contributed by atoms with Crippen molar-refractivity contribution in [3.05, 3.63) is 28.5 Å². The van der Waals surface area contributed by atoms with E-state index < -0.39 is 0 Å². The Morgan fingerprint density at radius 1 is 1.13 bits per heavy atom. The summed E-state index contributed by atoms with van der Waals surface area (Å²) >= 11 is 6.29. The molecular weight excluding hydrogens is 320 g/mol. The van der Waals surface area contributed by atoms with Gasteiger partial charge in [0.05, 0.1) is 11.6 Å². The Morgan fingerprint density at radius 2 is 1.96 bits per heavy atom. The predicted molar refractivity (Wildman–Crippen MR) is 82.2 cm³/mol. The molecule has 2 aliphatic rings. The van der Waals surface area contributed by atoms with Gasteiger partial charge in [-0.3, -0.25) is 0 Å². The SMILES string of the molecule is Clc1cc(Cn2nnnc2C2CCOCC2)cc2c1OCCO2. The van der Waals surface area contributed by atoms with Crippen LogP contribution in [0.3, 0.4) is 0 Å². The molecule has 0 spiro atoms. The summed E-state index contributed by atoms with van der Waals surface area (Å²) in [6, 6.07) is 3.82. The molecule has 0 bridgehead atoms. The van der Waals surface area contributed by atoms with Crippen LogP contribution in [0, 0.1) is 0 Å². The lowest BCUT2D eigenvalue weighted by Crippen LogP contribution is -2.19. The van der Waals surface area contributed by atoms with Crippen LogP contribution in [-0.2, 0) is 11.3 Å². The Hall–Kier alpha value is -1.86. The zero-order chi connectivity index (χ0) is 15.6. The van der Waals surface area contributed by atoms with Crippen LogP contribution in [-0.4, -0.2) is 46.6 Å². The van der Waals surface area contributed by atoms with E-state index in [1.165, 1.54) is 0 Å². The first-order valence-corrected chi connectivity index (χ1v) is 8.11. The fourth-order valence-electron chi connectivity index (χ4n) is 3.00. The quantitative estimate of drug-likeness (QED) is 0.854. The largest absolute Gasteiger partial charge is 0.486 e. The molecule has 3 heterocycles. The number of halogens is 1. The molecular formula is C15H17ClN4O3. The molecule has 0 N–H and O–H groups in total. The summed E-state index contributed by atoms with van der Waals surface area (Å²) in [5.74, 6) is 2.54. The third-order valence-corrected chi connectivity index (χ3v) is 4.42. The highest BCUT2D eigenvalue weighted by Crippen LogP contribution is 2.38. The van der Waals surface area contributed by atoms with Crippen LogP contribution in [0.5, 0.6) is 11.5 Å². The van der Waals surface area contributed by atoms with Gasteiger partial charge in [-0.2, -0.15) is 0 Å². The predicted octanol–water partition coefficient (Wildman–Crippen LogP) is 2.04. The van der Waals surface area contributed by atoms with Gasteiger partial charge in [-0.05, 0) is 41.0 Å². The molecule has 2 aromatic rings. The second-order valence-corrected chi connectivity index (χ2v) is 6.09. The molecule has 23 heavy (non-hydrogen) atoms. The number of benzene rings is 1. The first-order chi connectivity index (χ1) is 11.3. The van der Waals surface area contributed by atoms with Crippen molar-refractivity contribution < 1.29 is 14.2 Å². The maximum atomic E-state index is 6.29. The minimum absolute atomic E-state index is 0.339. The molecule has 1 aromatic heterocycles. The number of hydrogen-bond acceptors (Lipinski definition) is 6. The van der Waals surface area contributed by atoms with Gasteiger partial charge in [0.1, 0.15) is 13.2 Å². The molecule has 0 aliphatic carbocycles. The number of hydrogen-bond donors (Lipinski definition) is 0. The highest BCUT2D eigenvalue weighted by Gasteiger charge is 2.23. The minimum Gasteiger partial charge on any atom is -0.486 e. The van der Waals surface area contributed by atoms with Crippen LogP contribution in [0.1, 0.15) is 30.1 Å². The van der Waals surface area contributed by atoms with Crippen molar-refractivity contribution >= 4 is 11.6 Å². The van der Waals surface area contributed by atoms with Crippen molar-refractivity contribution in [2.24, 2.45) is 0 Å². The molecule has 0 radical (unpaired) electrons. The standard InChI is InChI=1S/C15H17ClN4O3/c16-12-7-10(8-13-14(12)23-6-5-22-13)9-20-15(17-18-19-20)11-1-3-21-4-2-11/h7-8,11H,1-6,9H2. The van der Waals surface area contributed by atoms with Gasteiger partial charge in [-0.1, -0.05) is 11.6 Å². The average molecular weight is 337 g/mol. The number of fused-ring (bicyclic) bond motifs is 1. The van der Waals surface area contributed by atoms with Crippen LogP contribution in [0.15, 0.2) is 12.1 Å². The van der Waals surface area contributed by atoms with Crippen LogP contribution >= 0.6 is 11.6 Å². The smallest absolute Gasteiger partial charge is 0.179 e. The van der Waals surface area contributed by atoms with E-state index in [1.54, 1.807) is 0 Å². The maximum absolute atomic E-state index is 6.29. The number of nitrogens with zero attached hydrogens (tertiary/aromatic N) is 4. The Labute approximate surface area is 138 Å². The number of ether oxygens (including phenoxy) is 3. The lowest BCUT2D eigenvalue weighted by molar-refractivity contribution is 0.0826. The fraction of sp³-hybridized carbons (Fsp3) is 0.533. The molecule has 1 aromatic carbocycles. The van der Waals surface area contributed by atoms with E-state index in [0.717, 1.165) is 37.4 Å². The molecule has 4 rings (SSSR count). The van der Waals surface area contributed by atoms with E-state index in [2.05, 4.69) is 15.5 Å². The number of tetrazole rings is 1. The molecule has 7 nitrogen and oxygen atoms in total. The summed E-state index contributed by atoms with van der Waals surface area (Å²) in [4.78, 5) is 0. The van der Waals surface area contributed by atoms with Crippen molar-refractivity contribution in [1.29, 1.82) is 0 Å². The summed E-state index contributed by atoms with van der Waals surface area (Å²) in [7, 11) is 0. The average Bonchev–Trinajstić information content (AvgIpc) is 3.04. The molecule has 8 heteroatoms. The molecule has 0 saturated carbocycles. The van der Waals surface area contributed by atoms with Crippen molar-refractivity contribution in [2.75, 3.05) is 26.4 Å². The van der Waals surface area contributed by atoms with Gasteiger partial charge >= 0.3 is 0 Å². The molecule has 1 fully saturated rings. The Kier molecular flexibility index (Phi) is 4.05. The lowest BCUT2D eigenvalue weighted by atomic mass is 9.99. The normalized spacial score (nSPS) is 18.1. The summed E-state index contributed by atoms with van der Waals surface area (Å²) in [6.45, 7) is 3.12. The third-order valence-electron chi connectivity index (χ3n) is 4.14. The van der Waals surface area contributed by atoms with E-state index in [4.69, 9.17) is 25.8 Å². The third kappa shape index (κ3) is 2.98. The summed E-state index contributed by atoms with van der Waals surface area (Å²) < 4.78 is 18.4. The van der Waals surface area contributed by atoms with Gasteiger partial charge in [0, 0.05) is 19.1 Å². The van der Waals surface area contributed by atoms with Crippen molar-refractivity contribution in [3.63, 3.8) is 0 Å². The maximum Gasteiger partial charge on any atom is 0.179 e. The van der Waals surface area contributed by atoms with Gasteiger partial charge < -0.3 is 14.2 Å². The van der Waals surface area contributed by atoms with E-state index >= 15 is 0 Å². The first kappa shape index (κ1) is 14.7.